The number of nitrogens with zero attached hydrogens (tertiary/aromatic N) is 2. The van der Waals surface area contributed by atoms with Gasteiger partial charge < -0.3 is 25.3 Å². The number of carbonyl (C=O) groups excluding carboxylic acids is 3. The maximum atomic E-state index is 13.2. The second kappa shape index (κ2) is 11.6. The van der Waals surface area contributed by atoms with Gasteiger partial charge in [-0.25, -0.2) is 0 Å². The Hall–Kier alpha value is -2.91. The predicted octanol–water partition coefficient (Wildman–Crippen LogP) is 0.512. The van der Waals surface area contributed by atoms with Gasteiger partial charge in [-0.3, -0.25) is 19.3 Å². The van der Waals surface area contributed by atoms with Gasteiger partial charge in [0.1, 0.15) is 6.04 Å². The first-order valence-corrected chi connectivity index (χ1v) is 11.1. The highest BCUT2D eigenvalue weighted by Crippen LogP contribution is 2.20. The number of hydrogen-bond acceptors (Lipinski definition) is 5. The summed E-state index contributed by atoms with van der Waals surface area (Å²) in [7, 11) is 1.64. The smallest absolute Gasteiger partial charge is 0.245 e. The summed E-state index contributed by atoms with van der Waals surface area (Å²) in [4.78, 5) is 44.1. The maximum Gasteiger partial charge on any atom is 0.245 e. The summed E-state index contributed by atoms with van der Waals surface area (Å²) in [6.07, 6.45) is 3.11. The molecular formula is C23H33N5O4. The van der Waals surface area contributed by atoms with Gasteiger partial charge in [-0.2, -0.15) is 0 Å². The zero-order chi connectivity index (χ0) is 22.9. The number of carbonyl (C=O) groups is 3. The van der Waals surface area contributed by atoms with Crippen molar-refractivity contribution >= 4 is 28.6 Å². The Balaban J connectivity index is 1.54. The monoisotopic (exact) mass is 443 g/mol. The van der Waals surface area contributed by atoms with E-state index >= 15 is 0 Å². The van der Waals surface area contributed by atoms with Gasteiger partial charge in [-0.15, -0.1) is 0 Å². The fourth-order valence-corrected chi connectivity index (χ4v) is 4.02. The molecule has 0 aliphatic carbocycles. The summed E-state index contributed by atoms with van der Waals surface area (Å²) in [6, 6.07) is 7.29. The zero-order valence-corrected chi connectivity index (χ0v) is 18.9. The fraction of sp³-hybridized carbons (Fsp3) is 0.522. The van der Waals surface area contributed by atoms with E-state index in [1.165, 1.54) is 6.92 Å². The Morgan fingerprint density at radius 1 is 1.16 bits per heavy atom. The van der Waals surface area contributed by atoms with Crippen molar-refractivity contribution in [3.05, 3.63) is 36.0 Å². The van der Waals surface area contributed by atoms with E-state index < -0.39 is 6.04 Å². The van der Waals surface area contributed by atoms with Crippen molar-refractivity contribution in [2.45, 2.75) is 25.8 Å². The minimum Gasteiger partial charge on any atom is -0.385 e. The number of para-hydroxylation sites is 1. The number of methoxy groups -OCH3 is 1. The Morgan fingerprint density at radius 3 is 2.62 bits per heavy atom. The van der Waals surface area contributed by atoms with Crippen LogP contribution in [0.25, 0.3) is 10.9 Å². The average Bonchev–Trinajstić information content (AvgIpc) is 3.19. The molecule has 0 spiro atoms. The molecule has 9 heteroatoms. The van der Waals surface area contributed by atoms with Crippen LogP contribution in [0.15, 0.2) is 30.5 Å². The minimum atomic E-state index is -0.623. The van der Waals surface area contributed by atoms with Crippen molar-refractivity contribution in [3.8, 4) is 0 Å². The lowest BCUT2D eigenvalue weighted by molar-refractivity contribution is -0.137. The number of aromatic nitrogens is 1. The first-order chi connectivity index (χ1) is 15.5. The Kier molecular flexibility index (Phi) is 8.64. The van der Waals surface area contributed by atoms with Crippen LogP contribution in [0, 0.1) is 0 Å². The summed E-state index contributed by atoms with van der Waals surface area (Å²) in [5, 5.41) is 6.76. The lowest BCUT2D eigenvalue weighted by Gasteiger charge is -2.36. The predicted molar refractivity (Wildman–Crippen MR) is 122 cm³/mol. The van der Waals surface area contributed by atoms with Crippen LogP contribution < -0.4 is 10.6 Å². The van der Waals surface area contributed by atoms with Gasteiger partial charge in [0.25, 0.3) is 0 Å². The van der Waals surface area contributed by atoms with Crippen molar-refractivity contribution < 1.29 is 19.1 Å². The first kappa shape index (κ1) is 23.7. The Morgan fingerprint density at radius 2 is 1.91 bits per heavy atom. The van der Waals surface area contributed by atoms with E-state index in [2.05, 4.69) is 15.6 Å². The molecule has 1 aliphatic heterocycles. The van der Waals surface area contributed by atoms with Crippen molar-refractivity contribution in [2.75, 3.05) is 53.0 Å². The number of ether oxygens (including phenoxy) is 1. The van der Waals surface area contributed by atoms with Crippen molar-refractivity contribution in [2.24, 2.45) is 0 Å². The molecule has 1 atom stereocenters. The normalized spacial score (nSPS) is 15.5. The number of fused-ring (bicyclic) bond motifs is 1. The molecule has 2 heterocycles. The molecular weight excluding hydrogens is 410 g/mol. The molecule has 3 N–H and O–H groups in total. The minimum absolute atomic E-state index is 0.0173. The lowest BCUT2D eigenvalue weighted by Crippen LogP contribution is -2.56. The van der Waals surface area contributed by atoms with E-state index in [9.17, 15) is 14.4 Å². The molecule has 0 bridgehead atoms. The molecule has 174 valence electrons. The molecule has 1 saturated heterocycles. The quantitative estimate of drug-likeness (QED) is 0.464. The third-order valence-corrected chi connectivity index (χ3v) is 5.67. The third-order valence-electron chi connectivity index (χ3n) is 5.67. The summed E-state index contributed by atoms with van der Waals surface area (Å²) < 4.78 is 4.98. The SMILES string of the molecule is COCCCNC(=O)CN1CCN(C(=O)C(Cc2c[nH]c3ccccc23)NC(C)=O)CC1. The van der Waals surface area contributed by atoms with Gasteiger partial charge in [0, 0.05) is 76.9 Å². The van der Waals surface area contributed by atoms with E-state index in [1.54, 1.807) is 12.0 Å². The molecule has 1 fully saturated rings. The summed E-state index contributed by atoms with van der Waals surface area (Å²) in [5.74, 6) is -0.336. The molecule has 0 saturated carbocycles. The fourth-order valence-electron chi connectivity index (χ4n) is 4.02. The maximum absolute atomic E-state index is 13.2. The van der Waals surface area contributed by atoms with Crippen LogP contribution in [0.4, 0.5) is 0 Å². The number of rotatable bonds is 10. The number of aromatic amines is 1. The summed E-state index contributed by atoms with van der Waals surface area (Å²) >= 11 is 0. The molecule has 3 amide bonds. The molecule has 32 heavy (non-hydrogen) atoms. The lowest BCUT2D eigenvalue weighted by atomic mass is 10.0. The van der Waals surface area contributed by atoms with Gasteiger partial charge in [-0.1, -0.05) is 18.2 Å². The van der Waals surface area contributed by atoms with Crippen molar-refractivity contribution in [1.82, 2.24) is 25.4 Å². The highest BCUT2D eigenvalue weighted by molar-refractivity contribution is 5.89. The van der Waals surface area contributed by atoms with Gasteiger partial charge in [0.2, 0.25) is 17.7 Å². The van der Waals surface area contributed by atoms with Crippen LogP contribution in [-0.4, -0.2) is 91.5 Å². The van der Waals surface area contributed by atoms with Crippen LogP contribution in [0.2, 0.25) is 0 Å². The molecule has 9 nitrogen and oxygen atoms in total. The van der Waals surface area contributed by atoms with Gasteiger partial charge >= 0.3 is 0 Å². The number of piperazine rings is 1. The second-order valence-corrected chi connectivity index (χ2v) is 8.11. The average molecular weight is 444 g/mol. The van der Waals surface area contributed by atoms with Gasteiger partial charge in [0.05, 0.1) is 6.54 Å². The Bertz CT molecular complexity index is 920. The van der Waals surface area contributed by atoms with E-state index in [4.69, 9.17) is 4.74 Å². The molecule has 1 aromatic heterocycles. The van der Waals surface area contributed by atoms with E-state index in [1.807, 2.05) is 35.4 Å². The van der Waals surface area contributed by atoms with E-state index in [0.29, 0.717) is 52.3 Å². The van der Waals surface area contributed by atoms with Crippen LogP contribution in [0.5, 0.6) is 0 Å². The van der Waals surface area contributed by atoms with Crippen molar-refractivity contribution in [1.29, 1.82) is 0 Å². The zero-order valence-electron chi connectivity index (χ0n) is 18.9. The van der Waals surface area contributed by atoms with Crippen LogP contribution in [0.3, 0.4) is 0 Å². The highest BCUT2D eigenvalue weighted by atomic mass is 16.5. The molecule has 1 unspecified atom stereocenters. The highest BCUT2D eigenvalue weighted by Gasteiger charge is 2.29. The van der Waals surface area contributed by atoms with E-state index in [-0.39, 0.29) is 17.7 Å². The first-order valence-electron chi connectivity index (χ1n) is 11.1. The summed E-state index contributed by atoms with van der Waals surface area (Å²) in [5.41, 5.74) is 2.00. The Labute approximate surface area is 188 Å². The molecule has 0 radical (unpaired) electrons. The largest absolute Gasteiger partial charge is 0.385 e. The topological polar surface area (TPSA) is 107 Å². The van der Waals surface area contributed by atoms with Crippen LogP contribution >= 0.6 is 0 Å². The molecule has 2 aromatic rings. The number of hydrogen-bond donors (Lipinski definition) is 3. The van der Waals surface area contributed by atoms with E-state index in [0.717, 1.165) is 22.9 Å². The number of benzene rings is 1. The molecule has 3 rings (SSSR count). The van der Waals surface area contributed by atoms with Crippen LogP contribution in [0.1, 0.15) is 18.9 Å². The number of amides is 3. The molecule has 1 aromatic carbocycles. The molecule has 1 aliphatic rings. The van der Waals surface area contributed by atoms with Crippen molar-refractivity contribution in [3.63, 3.8) is 0 Å². The number of nitrogens with one attached hydrogen (secondary N) is 3. The van der Waals surface area contributed by atoms with Gasteiger partial charge in [-0.05, 0) is 18.1 Å². The number of H-pyrrole nitrogens is 1. The summed E-state index contributed by atoms with van der Waals surface area (Å²) in [6.45, 7) is 5.26. The van der Waals surface area contributed by atoms with Gasteiger partial charge in [0.15, 0.2) is 0 Å². The standard InChI is InChI=1S/C23H33N5O4/c1-17(29)26-21(14-18-15-25-20-7-4-3-6-19(18)20)23(31)28-11-9-27(10-12-28)16-22(30)24-8-5-13-32-2/h3-4,6-7,15,21,25H,5,8-14,16H2,1-2H3,(H,24,30)(H,26,29). The third kappa shape index (κ3) is 6.54. The van der Waals surface area contributed by atoms with Crippen LogP contribution in [-0.2, 0) is 25.5 Å². The second-order valence-electron chi connectivity index (χ2n) is 8.11.